The highest BCUT2D eigenvalue weighted by Crippen LogP contribution is 2.11. The number of aromatic nitrogens is 4. The van der Waals surface area contributed by atoms with Crippen LogP contribution >= 0.6 is 11.6 Å². The number of halogens is 1. The smallest absolute Gasteiger partial charge is 0.258 e. The third-order valence-electron chi connectivity index (χ3n) is 2.79. The standard InChI is InChI=1S/C13H11ClN4O/c1-9-6-11(14)18(16-9)8-10-7-13(19)17-5-3-2-4-12(17)15-10/h2-7H,8H2,1H3. The zero-order chi connectivity index (χ0) is 13.4. The Hall–Kier alpha value is -2.14. The van der Waals surface area contributed by atoms with Crippen molar-refractivity contribution in [2.45, 2.75) is 13.5 Å². The summed E-state index contributed by atoms with van der Waals surface area (Å²) < 4.78 is 3.12. The van der Waals surface area contributed by atoms with Gasteiger partial charge in [-0.3, -0.25) is 9.20 Å². The number of nitrogens with zero attached hydrogens (tertiary/aromatic N) is 4. The summed E-state index contributed by atoms with van der Waals surface area (Å²) in [4.78, 5) is 16.4. The Balaban J connectivity index is 2.06. The van der Waals surface area contributed by atoms with E-state index < -0.39 is 0 Å². The minimum absolute atomic E-state index is 0.111. The molecule has 0 radical (unpaired) electrons. The fraction of sp³-hybridized carbons (Fsp3) is 0.154. The molecule has 0 aliphatic rings. The minimum atomic E-state index is -0.111. The lowest BCUT2D eigenvalue weighted by atomic mass is 10.3. The van der Waals surface area contributed by atoms with E-state index in [0.29, 0.717) is 23.0 Å². The molecule has 96 valence electrons. The lowest BCUT2D eigenvalue weighted by molar-refractivity contribution is 0.665. The fourth-order valence-electron chi connectivity index (χ4n) is 1.96. The Kier molecular flexibility index (Phi) is 2.83. The van der Waals surface area contributed by atoms with Gasteiger partial charge in [0.05, 0.1) is 17.9 Å². The molecule has 19 heavy (non-hydrogen) atoms. The SMILES string of the molecule is Cc1cc(Cl)n(Cc2cc(=O)n3ccccc3n2)n1. The number of aryl methyl sites for hydroxylation is 1. The zero-order valence-corrected chi connectivity index (χ0v) is 11.0. The molecule has 0 unspecified atom stereocenters. The summed E-state index contributed by atoms with van der Waals surface area (Å²) >= 11 is 6.04. The van der Waals surface area contributed by atoms with Crippen molar-refractivity contribution in [1.29, 1.82) is 0 Å². The van der Waals surface area contributed by atoms with E-state index in [1.165, 1.54) is 10.5 Å². The Morgan fingerprint density at radius 1 is 1.32 bits per heavy atom. The Morgan fingerprint density at radius 3 is 2.89 bits per heavy atom. The molecule has 3 rings (SSSR count). The first kappa shape index (κ1) is 11.9. The van der Waals surface area contributed by atoms with Crippen LogP contribution in [0.3, 0.4) is 0 Å². The average Bonchev–Trinajstić information content (AvgIpc) is 2.68. The summed E-state index contributed by atoms with van der Waals surface area (Å²) in [6.07, 6.45) is 1.69. The molecule has 6 heteroatoms. The van der Waals surface area contributed by atoms with E-state index in [9.17, 15) is 4.79 Å². The number of hydrogen-bond donors (Lipinski definition) is 0. The van der Waals surface area contributed by atoms with Crippen molar-refractivity contribution in [3.8, 4) is 0 Å². The van der Waals surface area contributed by atoms with Gasteiger partial charge in [0.2, 0.25) is 0 Å². The molecule has 0 N–H and O–H groups in total. The van der Waals surface area contributed by atoms with E-state index in [1.807, 2.05) is 13.0 Å². The Bertz CT molecular complexity index is 806. The fourth-order valence-corrected chi connectivity index (χ4v) is 2.22. The van der Waals surface area contributed by atoms with E-state index in [1.54, 1.807) is 29.1 Å². The largest absolute Gasteiger partial charge is 0.269 e. The van der Waals surface area contributed by atoms with Crippen LogP contribution in [0.1, 0.15) is 11.4 Å². The second kappa shape index (κ2) is 4.51. The van der Waals surface area contributed by atoms with Gasteiger partial charge >= 0.3 is 0 Å². The molecule has 0 aliphatic carbocycles. The summed E-state index contributed by atoms with van der Waals surface area (Å²) in [5.74, 6) is 0. The van der Waals surface area contributed by atoms with Gasteiger partial charge in [0.25, 0.3) is 5.56 Å². The van der Waals surface area contributed by atoms with Crippen molar-refractivity contribution in [3.05, 3.63) is 63.4 Å². The highest BCUT2D eigenvalue weighted by molar-refractivity contribution is 6.29. The zero-order valence-electron chi connectivity index (χ0n) is 10.2. The molecule has 0 atom stereocenters. The maximum absolute atomic E-state index is 11.9. The van der Waals surface area contributed by atoms with Crippen molar-refractivity contribution >= 4 is 17.2 Å². The topological polar surface area (TPSA) is 52.2 Å². The van der Waals surface area contributed by atoms with Crippen LogP contribution < -0.4 is 5.56 Å². The second-order valence-electron chi connectivity index (χ2n) is 4.28. The number of pyridine rings is 1. The predicted molar refractivity (Wildman–Crippen MR) is 72.5 cm³/mol. The maximum atomic E-state index is 11.9. The van der Waals surface area contributed by atoms with Gasteiger partial charge in [0.1, 0.15) is 10.8 Å². The third kappa shape index (κ3) is 2.24. The van der Waals surface area contributed by atoms with Crippen LogP contribution in [-0.2, 0) is 6.54 Å². The van der Waals surface area contributed by atoms with Crippen LogP contribution in [0.15, 0.2) is 41.3 Å². The highest BCUT2D eigenvalue weighted by atomic mass is 35.5. The normalized spacial score (nSPS) is 11.1. The lowest BCUT2D eigenvalue weighted by Crippen LogP contribution is -2.16. The maximum Gasteiger partial charge on any atom is 0.258 e. The molecule has 0 saturated heterocycles. The Labute approximate surface area is 114 Å². The summed E-state index contributed by atoms with van der Waals surface area (Å²) in [7, 11) is 0. The van der Waals surface area contributed by atoms with Gasteiger partial charge in [0.15, 0.2) is 0 Å². The van der Waals surface area contributed by atoms with Gasteiger partial charge in [-0.1, -0.05) is 17.7 Å². The predicted octanol–water partition coefficient (Wildman–Crippen LogP) is 1.90. The molecular formula is C13H11ClN4O. The summed E-state index contributed by atoms with van der Waals surface area (Å²) in [6.45, 7) is 2.25. The van der Waals surface area contributed by atoms with Crippen LogP contribution in [0, 0.1) is 6.92 Å². The van der Waals surface area contributed by atoms with E-state index in [4.69, 9.17) is 11.6 Å². The van der Waals surface area contributed by atoms with E-state index in [2.05, 4.69) is 10.1 Å². The second-order valence-corrected chi connectivity index (χ2v) is 4.67. The molecule has 0 spiro atoms. The molecule has 0 saturated carbocycles. The minimum Gasteiger partial charge on any atom is -0.269 e. The van der Waals surface area contributed by atoms with Crippen LogP contribution in [0.4, 0.5) is 0 Å². The van der Waals surface area contributed by atoms with Crippen molar-refractivity contribution in [3.63, 3.8) is 0 Å². The van der Waals surface area contributed by atoms with Crippen molar-refractivity contribution < 1.29 is 0 Å². The van der Waals surface area contributed by atoms with Crippen molar-refractivity contribution in [1.82, 2.24) is 19.2 Å². The van der Waals surface area contributed by atoms with Crippen LogP contribution in [0.25, 0.3) is 5.65 Å². The molecular weight excluding hydrogens is 264 g/mol. The molecule has 5 nitrogen and oxygen atoms in total. The van der Waals surface area contributed by atoms with Gasteiger partial charge in [-0.25, -0.2) is 9.67 Å². The van der Waals surface area contributed by atoms with Crippen molar-refractivity contribution in [2.75, 3.05) is 0 Å². The highest BCUT2D eigenvalue weighted by Gasteiger charge is 2.06. The number of hydrogen-bond acceptors (Lipinski definition) is 3. The van der Waals surface area contributed by atoms with E-state index in [0.717, 1.165) is 5.69 Å². The van der Waals surface area contributed by atoms with Crippen LogP contribution in [-0.4, -0.2) is 19.2 Å². The van der Waals surface area contributed by atoms with Crippen molar-refractivity contribution in [2.24, 2.45) is 0 Å². The van der Waals surface area contributed by atoms with Gasteiger partial charge < -0.3 is 0 Å². The molecule has 3 aromatic rings. The Morgan fingerprint density at radius 2 is 2.16 bits per heavy atom. The first-order valence-electron chi connectivity index (χ1n) is 5.81. The monoisotopic (exact) mass is 274 g/mol. The molecule has 0 aromatic carbocycles. The van der Waals surface area contributed by atoms with E-state index >= 15 is 0 Å². The number of rotatable bonds is 2. The van der Waals surface area contributed by atoms with Crippen LogP contribution in [0.2, 0.25) is 5.15 Å². The number of fused-ring (bicyclic) bond motifs is 1. The molecule has 3 aromatic heterocycles. The average molecular weight is 275 g/mol. The van der Waals surface area contributed by atoms with Gasteiger partial charge in [-0.05, 0) is 25.1 Å². The molecule has 0 fully saturated rings. The molecule has 0 aliphatic heterocycles. The quantitative estimate of drug-likeness (QED) is 0.717. The van der Waals surface area contributed by atoms with E-state index in [-0.39, 0.29) is 5.56 Å². The molecule has 0 bridgehead atoms. The van der Waals surface area contributed by atoms with Gasteiger partial charge in [-0.2, -0.15) is 5.10 Å². The summed E-state index contributed by atoms with van der Waals surface area (Å²) in [6, 6.07) is 8.71. The van der Waals surface area contributed by atoms with Gasteiger partial charge in [-0.15, -0.1) is 0 Å². The van der Waals surface area contributed by atoms with Gasteiger partial charge in [0, 0.05) is 12.3 Å². The van der Waals surface area contributed by atoms with Crippen LogP contribution in [0.5, 0.6) is 0 Å². The summed E-state index contributed by atoms with van der Waals surface area (Å²) in [5.41, 5.74) is 1.98. The molecule has 0 amide bonds. The first-order chi connectivity index (χ1) is 9.13. The lowest BCUT2D eigenvalue weighted by Gasteiger charge is -2.05. The molecule has 3 heterocycles. The third-order valence-corrected chi connectivity index (χ3v) is 3.09. The first-order valence-corrected chi connectivity index (χ1v) is 6.18. The summed E-state index contributed by atoms with van der Waals surface area (Å²) in [5, 5.41) is 4.79.